The molecule has 0 radical (unpaired) electrons. The first-order valence-electron chi connectivity index (χ1n) is 4.04. The third-order valence-corrected chi connectivity index (χ3v) is 2.26. The Bertz CT molecular complexity index is 427. The molecule has 13 heavy (non-hydrogen) atoms. The summed E-state index contributed by atoms with van der Waals surface area (Å²) in [6.07, 6.45) is 0.794. The fraction of sp³-hybridized carbons (Fsp3) is 0.333. The van der Waals surface area contributed by atoms with Crippen LogP contribution in [-0.4, -0.2) is 8.42 Å². The van der Waals surface area contributed by atoms with Crippen LogP contribution < -0.4 is 0 Å². The average Bonchev–Trinajstić information content (AvgIpc) is 2.03. The molecule has 0 aromatic heterocycles. The molecule has 0 atom stereocenters. The highest BCUT2D eigenvalue weighted by Gasteiger charge is 2.01. The molecule has 0 amide bonds. The second-order valence-corrected chi connectivity index (χ2v) is 3.35. The van der Waals surface area contributed by atoms with E-state index in [1.807, 2.05) is 19.9 Å². The van der Waals surface area contributed by atoms with Gasteiger partial charge in [-0.25, -0.2) is 0 Å². The highest BCUT2D eigenvalue weighted by atomic mass is 32.2. The average molecular weight is 197 g/mol. The first kappa shape index (κ1) is 9.92. The summed E-state index contributed by atoms with van der Waals surface area (Å²) in [5.74, 6) is 0. The van der Waals surface area contributed by atoms with Gasteiger partial charge in [0.1, 0.15) is 0 Å². The van der Waals surface area contributed by atoms with Gasteiger partial charge in [-0.3, -0.25) is 0 Å². The van der Waals surface area contributed by atoms with Crippen molar-refractivity contribution in [3.8, 4) is 0 Å². The molecule has 1 aromatic rings. The van der Waals surface area contributed by atoms with Crippen molar-refractivity contribution in [1.82, 2.24) is 0 Å². The zero-order valence-corrected chi connectivity index (χ0v) is 8.43. The number of benzene rings is 1. The van der Waals surface area contributed by atoms with Crippen molar-refractivity contribution in [2.75, 3.05) is 0 Å². The van der Waals surface area contributed by atoms with Gasteiger partial charge in [0.2, 0.25) is 0 Å². The van der Waals surface area contributed by atoms with Crippen molar-refractivity contribution in [1.29, 1.82) is 0 Å². The van der Waals surface area contributed by atoms with Gasteiger partial charge in [-0.1, -0.05) is 19.1 Å². The Hall–Kier alpha value is -1.16. The summed E-state index contributed by atoms with van der Waals surface area (Å²) in [5, 5.41) is 0. The maximum Gasteiger partial charge on any atom is 0.316 e. The van der Waals surface area contributed by atoms with Crippen LogP contribution in [0.15, 0.2) is 22.6 Å². The Balaban J connectivity index is 3.37. The maximum atomic E-state index is 10.4. The molecule has 0 fully saturated rings. The van der Waals surface area contributed by atoms with Gasteiger partial charge in [0.05, 0.1) is 5.69 Å². The molecule has 70 valence electrons. The summed E-state index contributed by atoms with van der Waals surface area (Å²) in [4.78, 5) is 0. The van der Waals surface area contributed by atoms with Gasteiger partial charge in [-0.05, 0) is 30.5 Å². The molecule has 0 aliphatic rings. The van der Waals surface area contributed by atoms with Gasteiger partial charge < -0.3 is 0 Å². The molecule has 1 rings (SSSR count). The van der Waals surface area contributed by atoms with Gasteiger partial charge in [0.25, 0.3) is 0 Å². The Morgan fingerprint density at radius 1 is 1.38 bits per heavy atom. The molecule has 0 bridgehead atoms. The van der Waals surface area contributed by atoms with E-state index in [0.717, 1.165) is 17.5 Å². The topological polar surface area (TPSA) is 46.5 Å². The summed E-state index contributed by atoms with van der Waals surface area (Å²) < 4.78 is 24.3. The molecule has 4 heteroatoms. The molecule has 0 aliphatic carbocycles. The molecule has 3 nitrogen and oxygen atoms in total. The predicted molar refractivity (Wildman–Crippen MR) is 51.6 cm³/mol. The largest absolute Gasteiger partial charge is 0.316 e. The van der Waals surface area contributed by atoms with Crippen molar-refractivity contribution in [2.45, 2.75) is 20.3 Å². The minimum absolute atomic E-state index is 0.552. The molecule has 0 saturated heterocycles. The van der Waals surface area contributed by atoms with Crippen molar-refractivity contribution in [3.05, 3.63) is 29.3 Å². The molecule has 0 saturated carbocycles. The molecule has 0 unspecified atom stereocenters. The van der Waals surface area contributed by atoms with Gasteiger partial charge >= 0.3 is 10.5 Å². The number of rotatable bonds is 2. The molecule has 0 N–H and O–H groups in total. The van der Waals surface area contributed by atoms with Crippen LogP contribution in [0.5, 0.6) is 0 Å². The summed E-state index contributed by atoms with van der Waals surface area (Å²) >= 11 is 0. The Kier molecular flexibility index (Phi) is 3.19. The lowest BCUT2D eigenvalue weighted by atomic mass is 10.1. The Labute approximate surface area is 79.1 Å². The quantitative estimate of drug-likeness (QED) is 0.730. The molecule has 0 spiro atoms. The lowest BCUT2D eigenvalue weighted by molar-refractivity contribution is 0.622. The lowest BCUT2D eigenvalue weighted by Crippen LogP contribution is -1.86. The van der Waals surface area contributed by atoms with E-state index in [-0.39, 0.29) is 0 Å². The minimum Gasteiger partial charge on any atom is -0.163 e. The number of hydrogen-bond acceptors (Lipinski definition) is 3. The minimum atomic E-state index is -2.36. The summed E-state index contributed by atoms with van der Waals surface area (Å²) in [6.45, 7) is 3.93. The number of hydrogen-bond donors (Lipinski definition) is 0. The summed E-state index contributed by atoms with van der Waals surface area (Å²) in [6, 6.07) is 5.47. The molecule has 1 aromatic carbocycles. The van der Waals surface area contributed by atoms with E-state index < -0.39 is 10.5 Å². The predicted octanol–water partition coefficient (Wildman–Crippen LogP) is 2.25. The second kappa shape index (κ2) is 4.18. The van der Waals surface area contributed by atoms with E-state index in [2.05, 4.69) is 4.36 Å². The van der Waals surface area contributed by atoms with Crippen LogP contribution >= 0.6 is 0 Å². The third kappa shape index (κ3) is 2.39. The molecular formula is C9H11NO2S. The van der Waals surface area contributed by atoms with Crippen LogP contribution in [0, 0.1) is 6.92 Å². The van der Waals surface area contributed by atoms with Crippen LogP contribution in [0.3, 0.4) is 0 Å². The van der Waals surface area contributed by atoms with Crippen LogP contribution in [-0.2, 0) is 16.9 Å². The second-order valence-electron chi connectivity index (χ2n) is 2.73. The lowest BCUT2D eigenvalue weighted by Gasteiger charge is -2.03. The van der Waals surface area contributed by atoms with E-state index in [0.29, 0.717) is 5.69 Å². The van der Waals surface area contributed by atoms with Crippen LogP contribution in [0.1, 0.15) is 18.1 Å². The Morgan fingerprint density at radius 3 is 2.62 bits per heavy atom. The first-order valence-corrected chi connectivity index (χ1v) is 5.08. The zero-order chi connectivity index (χ0) is 9.84. The van der Waals surface area contributed by atoms with Gasteiger partial charge in [0, 0.05) is 0 Å². The maximum absolute atomic E-state index is 10.4. The van der Waals surface area contributed by atoms with E-state index in [1.165, 1.54) is 0 Å². The van der Waals surface area contributed by atoms with E-state index in [1.54, 1.807) is 12.1 Å². The van der Waals surface area contributed by atoms with Crippen LogP contribution in [0.2, 0.25) is 0 Å². The van der Waals surface area contributed by atoms with Gasteiger partial charge in [-0.15, -0.1) is 4.36 Å². The molecule has 0 aliphatic heterocycles. The highest BCUT2D eigenvalue weighted by Crippen LogP contribution is 2.22. The van der Waals surface area contributed by atoms with E-state index in [4.69, 9.17) is 0 Å². The normalized spacial score (nSPS) is 9.69. The summed E-state index contributed by atoms with van der Waals surface area (Å²) in [5.41, 5.74) is 2.62. The monoisotopic (exact) mass is 197 g/mol. The van der Waals surface area contributed by atoms with Crippen LogP contribution in [0.4, 0.5) is 5.69 Å². The molecule has 0 heterocycles. The smallest absolute Gasteiger partial charge is 0.163 e. The van der Waals surface area contributed by atoms with Crippen LogP contribution in [0.25, 0.3) is 0 Å². The highest BCUT2D eigenvalue weighted by molar-refractivity contribution is 7.61. The Morgan fingerprint density at radius 2 is 2.08 bits per heavy atom. The van der Waals surface area contributed by atoms with Gasteiger partial charge in [0.15, 0.2) is 0 Å². The van der Waals surface area contributed by atoms with Crippen molar-refractivity contribution < 1.29 is 8.42 Å². The summed E-state index contributed by atoms with van der Waals surface area (Å²) in [7, 11) is -2.36. The van der Waals surface area contributed by atoms with Gasteiger partial charge in [-0.2, -0.15) is 8.42 Å². The molecular weight excluding hydrogens is 186 g/mol. The van der Waals surface area contributed by atoms with Crippen molar-refractivity contribution in [3.63, 3.8) is 0 Å². The SMILES string of the molecule is CCc1c(C)cccc1N=S(=O)=O. The first-order chi connectivity index (χ1) is 6.15. The standard InChI is InChI=1S/C9H11NO2S/c1-3-8-7(2)5-4-6-9(8)10-13(11)12/h4-6H,3H2,1-2H3. The fourth-order valence-corrected chi connectivity index (χ4v) is 1.64. The van der Waals surface area contributed by atoms with E-state index in [9.17, 15) is 8.42 Å². The fourth-order valence-electron chi connectivity index (χ4n) is 1.31. The zero-order valence-electron chi connectivity index (χ0n) is 7.61. The number of nitrogens with zero attached hydrogens (tertiary/aromatic N) is 1. The van der Waals surface area contributed by atoms with Crippen molar-refractivity contribution >= 4 is 16.2 Å². The third-order valence-electron chi connectivity index (χ3n) is 1.91. The number of aryl methyl sites for hydroxylation is 1. The van der Waals surface area contributed by atoms with Crippen molar-refractivity contribution in [2.24, 2.45) is 4.36 Å². The van der Waals surface area contributed by atoms with E-state index >= 15 is 0 Å².